The van der Waals surface area contributed by atoms with E-state index in [1.54, 1.807) is 60.7 Å². The largest absolute Gasteiger partial charge is 0.488 e. The number of ether oxygens (including phenoxy) is 2. The fourth-order valence-electron chi connectivity index (χ4n) is 2.55. The summed E-state index contributed by atoms with van der Waals surface area (Å²) in [4.78, 5) is 24.8. The maximum Gasteiger partial charge on any atom is 0.342 e. The summed E-state index contributed by atoms with van der Waals surface area (Å²) in [6.45, 7) is 1.66. The van der Waals surface area contributed by atoms with Gasteiger partial charge in [0.15, 0.2) is 6.10 Å². The Kier molecular flexibility index (Phi) is 6.58. The zero-order chi connectivity index (χ0) is 20.6. The van der Waals surface area contributed by atoms with Gasteiger partial charge in [0.25, 0.3) is 5.91 Å². The number of carbonyl (C=O) groups is 2. The Morgan fingerprint density at radius 2 is 1.59 bits per heavy atom. The van der Waals surface area contributed by atoms with Crippen LogP contribution in [0.25, 0.3) is 0 Å². The van der Waals surface area contributed by atoms with E-state index in [1.165, 1.54) is 19.1 Å². The highest BCUT2D eigenvalue weighted by molar-refractivity contribution is 5.98. The highest BCUT2D eigenvalue weighted by Crippen LogP contribution is 2.21. The zero-order valence-corrected chi connectivity index (χ0v) is 15.8. The Bertz CT molecular complexity index is 974. The molecular weight excluding hydrogens is 373 g/mol. The van der Waals surface area contributed by atoms with E-state index in [0.717, 1.165) is 5.56 Å². The molecule has 0 heterocycles. The smallest absolute Gasteiger partial charge is 0.342 e. The first-order valence-corrected chi connectivity index (χ1v) is 9.06. The summed E-state index contributed by atoms with van der Waals surface area (Å²) in [6, 6.07) is 21.4. The average Bonchev–Trinajstić information content (AvgIpc) is 2.74. The van der Waals surface area contributed by atoms with E-state index in [2.05, 4.69) is 5.32 Å². The third-order valence-electron chi connectivity index (χ3n) is 4.11. The van der Waals surface area contributed by atoms with Crippen LogP contribution in [0, 0.1) is 5.82 Å². The van der Waals surface area contributed by atoms with Crippen LogP contribution < -0.4 is 10.1 Å². The second-order valence-electron chi connectivity index (χ2n) is 6.31. The summed E-state index contributed by atoms with van der Waals surface area (Å²) in [5.41, 5.74) is 1.57. The first-order valence-electron chi connectivity index (χ1n) is 9.06. The van der Waals surface area contributed by atoms with E-state index in [4.69, 9.17) is 9.47 Å². The zero-order valence-electron chi connectivity index (χ0n) is 15.8. The van der Waals surface area contributed by atoms with Gasteiger partial charge < -0.3 is 14.8 Å². The summed E-state index contributed by atoms with van der Waals surface area (Å²) in [6.07, 6.45) is -0.993. The van der Waals surface area contributed by atoms with Crippen LogP contribution in [0.1, 0.15) is 22.8 Å². The molecule has 0 bridgehead atoms. The Labute approximate surface area is 168 Å². The Morgan fingerprint density at radius 3 is 2.31 bits per heavy atom. The van der Waals surface area contributed by atoms with Gasteiger partial charge in [0.05, 0.1) is 0 Å². The fraction of sp³-hybridized carbons (Fsp3) is 0.130. The average molecular weight is 393 g/mol. The normalized spacial score (nSPS) is 11.4. The topological polar surface area (TPSA) is 64.6 Å². The van der Waals surface area contributed by atoms with Gasteiger partial charge in [0.2, 0.25) is 0 Å². The molecule has 0 radical (unpaired) electrons. The lowest BCUT2D eigenvalue weighted by Crippen LogP contribution is -2.30. The van der Waals surface area contributed by atoms with Crippen molar-refractivity contribution in [3.8, 4) is 5.75 Å². The van der Waals surface area contributed by atoms with Gasteiger partial charge in [0, 0.05) is 5.69 Å². The van der Waals surface area contributed by atoms with Crippen molar-refractivity contribution in [3.05, 3.63) is 95.8 Å². The Balaban J connectivity index is 1.62. The maximum absolute atomic E-state index is 13.0. The summed E-state index contributed by atoms with van der Waals surface area (Å²) < 4.78 is 24.0. The molecule has 5 nitrogen and oxygen atoms in total. The van der Waals surface area contributed by atoms with Crippen LogP contribution in [0.5, 0.6) is 5.75 Å². The molecule has 3 aromatic rings. The van der Waals surface area contributed by atoms with Crippen molar-refractivity contribution in [1.29, 1.82) is 0 Å². The summed E-state index contributed by atoms with van der Waals surface area (Å²) in [5.74, 6) is -1.12. The molecule has 0 aromatic heterocycles. The van der Waals surface area contributed by atoms with Crippen molar-refractivity contribution in [2.75, 3.05) is 5.32 Å². The van der Waals surface area contributed by atoms with E-state index in [1.807, 2.05) is 6.07 Å². The minimum atomic E-state index is -0.993. The van der Waals surface area contributed by atoms with Crippen LogP contribution in [0.4, 0.5) is 10.1 Å². The predicted molar refractivity (Wildman–Crippen MR) is 107 cm³/mol. The highest BCUT2D eigenvalue weighted by atomic mass is 19.1. The fourth-order valence-corrected chi connectivity index (χ4v) is 2.55. The molecule has 0 aliphatic carbocycles. The first-order chi connectivity index (χ1) is 14.0. The molecule has 1 N–H and O–H groups in total. The molecule has 3 rings (SSSR count). The molecule has 0 saturated heterocycles. The van der Waals surface area contributed by atoms with Crippen LogP contribution in [0.2, 0.25) is 0 Å². The molecule has 0 aliphatic rings. The van der Waals surface area contributed by atoms with Crippen LogP contribution in [-0.4, -0.2) is 18.0 Å². The molecule has 1 atom stereocenters. The molecule has 0 aliphatic heterocycles. The second kappa shape index (κ2) is 9.50. The summed E-state index contributed by atoms with van der Waals surface area (Å²) in [7, 11) is 0. The van der Waals surface area contributed by atoms with E-state index >= 15 is 0 Å². The number of carbonyl (C=O) groups excluding carboxylic acids is 2. The first kappa shape index (κ1) is 20.1. The Hall–Kier alpha value is -3.67. The SMILES string of the molecule is C[C@@H](OC(=O)c1ccccc1OCc1ccc(F)cc1)C(=O)Nc1ccccc1. The van der Waals surface area contributed by atoms with Crippen LogP contribution in [-0.2, 0) is 16.1 Å². The molecule has 0 unspecified atom stereocenters. The predicted octanol–water partition coefficient (Wildman–Crippen LogP) is 4.59. The lowest BCUT2D eigenvalue weighted by molar-refractivity contribution is -0.123. The number of esters is 1. The highest BCUT2D eigenvalue weighted by Gasteiger charge is 2.21. The van der Waals surface area contributed by atoms with Gasteiger partial charge in [-0.2, -0.15) is 0 Å². The quantitative estimate of drug-likeness (QED) is 0.597. The minimum Gasteiger partial charge on any atom is -0.488 e. The lowest BCUT2D eigenvalue weighted by Gasteiger charge is -2.15. The van der Waals surface area contributed by atoms with Gasteiger partial charge in [-0.3, -0.25) is 4.79 Å². The molecule has 0 saturated carbocycles. The summed E-state index contributed by atoms with van der Waals surface area (Å²) in [5, 5.41) is 2.69. The number of hydrogen-bond donors (Lipinski definition) is 1. The van der Waals surface area contributed by atoms with Gasteiger partial charge in [-0.05, 0) is 48.9 Å². The van der Waals surface area contributed by atoms with Gasteiger partial charge in [-0.15, -0.1) is 0 Å². The van der Waals surface area contributed by atoms with Gasteiger partial charge >= 0.3 is 5.97 Å². The second-order valence-corrected chi connectivity index (χ2v) is 6.31. The molecule has 3 aromatic carbocycles. The standard InChI is InChI=1S/C23H20FNO4/c1-16(22(26)25-19-7-3-2-4-8-19)29-23(27)20-9-5-6-10-21(20)28-15-17-11-13-18(24)14-12-17/h2-14,16H,15H2,1H3,(H,25,26)/t16-/m1/s1. The van der Waals surface area contributed by atoms with Crippen LogP contribution in [0.3, 0.4) is 0 Å². The number of anilines is 1. The van der Waals surface area contributed by atoms with Crippen molar-refractivity contribution >= 4 is 17.6 Å². The van der Waals surface area contributed by atoms with E-state index in [-0.39, 0.29) is 18.0 Å². The van der Waals surface area contributed by atoms with E-state index in [0.29, 0.717) is 11.4 Å². The van der Waals surface area contributed by atoms with E-state index < -0.39 is 18.0 Å². The van der Waals surface area contributed by atoms with Gasteiger partial charge in [-0.1, -0.05) is 42.5 Å². The maximum atomic E-state index is 13.0. The minimum absolute atomic E-state index is 0.161. The molecule has 6 heteroatoms. The van der Waals surface area contributed by atoms with Crippen molar-refractivity contribution in [2.45, 2.75) is 19.6 Å². The number of hydrogen-bond acceptors (Lipinski definition) is 4. The molecular formula is C23H20FNO4. The van der Waals surface area contributed by atoms with Crippen molar-refractivity contribution < 1.29 is 23.5 Å². The third-order valence-corrected chi connectivity index (χ3v) is 4.11. The van der Waals surface area contributed by atoms with Gasteiger partial charge in [-0.25, -0.2) is 9.18 Å². The van der Waals surface area contributed by atoms with Crippen LogP contribution in [0.15, 0.2) is 78.9 Å². The summed E-state index contributed by atoms with van der Waals surface area (Å²) >= 11 is 0. The van der Waals surface area contributed by atoms with E-state index in [9.17, 15) is 14.0 Å². The molecule has 1 amide bonds. The number of rotatable bonds is 7. The molecule has 0 spiro atoms. The van der Waals surface area contributed by atoms with Crippen molar-refractivity contribution in [3.63, 3.8) is 0 Å². The lowest BCUT2D eigenvalue weighted by atomic mass is 10.2. The van der Waals surface area contributed by atoms with Crippen LogP contribution >= 0.6 is 0 Å². The number of halogens is 1. The van der Waals surface area contributed by atoms with Crippen molar-refractivity contribution in [1.82, 2.24) is 0 Å². The Morgan fingerprint density at radius 1 is 0.931 bits per heavy atom. The molecule has 148 valence electrons. The number of benzene rings is 3. The third kappa shape index (κ3) is 5.65. The molecule has 29 heavy (non-hydrogen) atoms. The molecule has 0 fully saturated rings. The van der Waals surface area contributed by atoms with Gasteiger partial charge in [0.1, 0.15) is 23.7 Å². The number of nitrogens with one attached hydrogen (secondary N) is 1. The number of para-hydroxylation sites is 2. The monoisotopic (exact) mass is 393 g/mol. The number of amides is 1. The van der Waals surface area contributed by atoms with Crippen molar-refractivity contribution in [2.24, 2.45) is 0 Å².